The molecule has 0 spiro atoms. The van der Waals surface area contributed by atoms with Crippen LogP contribution < -0.4 is 5.73 Å². The van der Waals surface area contributed by atoms with Crippen molar-refractivity contribution >= 4 is 17.3 Å². The van der Waals surface area contributed by atoms with E-state index in [-0.39, 0.29) is 0 Å². The maximum Gasteiger partial charge on any atom is 0.101 e. The lowest BCUT2D eigenvalue weighted by Crippen LogP contribution is -2.02. The summed E-state index contributed by atoms with van der Waals surface area (Å²) in [5, 5.41) is 13.9. The second-order valence-corrected chi connectivity index (χ2v) is 4.21. The molecule has 0 aliphatic heterocycles. The predicted octanol–water partition coefficient (Wildman–Crippen LogP) is 2.60. The van der Waals surface area contributed by atoms with Gasteiger partial charge in [-0.05, 0) is 32.0 Å². The highest BCUT2D eigenvalue weighted by Gasteiger charge is 2.13. The van der Waals surface area contributed by atoms with Crippen LogP contribution in [0.5, 0.6) is 0 Å². The van der Waals surface area contributed by atoms with E-state index in [2.05, 4.69) is 11.2 Å². The van der Waals surface area contributed by atoms with Gasteiger partial charge in [0.05, 0.1) is 28.3 Å². The summed E-state index contributed by atoms with van der Waals surface area (Å²) in [5.74, 6) is 0. The van der Waals surface area contributed by atoms with Crippen molar-refractivity contribution in [3.8, 4) is 11.8 Å². The van der Waals surface area contributed by atoms with Gasteiger partial charge in [-0.15, -0.1) is 0 Å². The molecule has 0 aliphatic carbocycles. The fraction of sp³-hybridized carbons (Fsp3) is 0.167. The van der Waals surface area contributed by atoms with E-state index >= 15 is 0 Å². The van der Waals surface area contributed by atoms with Gasteiger partial charge in [-0.3, -0.25) is 0 Å². The molecule has 0 atom stereocenters. The van der Waals surface area contributed by atoms with Gasteiger partial charge >= 0.3 is 0 Å². The zero-order chi connectivity index (χ0) is 12.6. The minimum absolute atomic E-state index is 0.475. The molecule has 0 radical (unpaired) electrons. The van der Waals surface area contributed by atoms with Gasteiger partial charge < -0.3 is 5.73 Å². The Labute approximate surface area is 104 Å². The number of aromatic nitrogens is 2. The summed E-state index contributed by atoms with van der Waals surface area (Å²) in [4.78, 5) is 0. The number of nitrogens with two attached hydrogens (primary N) is 1. The number of nitrogens with zero attached hydrogens (tertiary/aromatic N) is 3. The van der Waals surface area contributed by atoms with Crippen molar-refractivity contribution in [3.05, 3.63) is 40.2 Å². The Balaban J connectivity index is 2.69. The van der Waals surface area contributed by atoms with Crippen molar-refractivity contribution in [2.24, 2.45) is 0 Å². The zero-order valence-electron chi connectivity index (χ0n) is 9.53. The highest BCUT2D eigenvalue weighted by molar-refractivity contribution is 6.30. The maximum absolute atomic E-state index is 9.09. The minimum Gasteiger partial charge on any atom is -0.396 e. The lowest BCUT2D eigenvalue weighted by atomic mass is 10.2. The highest BCUT2D eigenvalue weighted by atomic mass is 35.5. The van der Waals surface area contributed by atoms with E-state index in [0.717, 1.165) is 11.4 Å². The molecular formula is C12H11ClN4. The molecular weight excluding hydrogens is 236 g/mol. The molecule has 86 valence electrons. The summed E-state index contributed by atoms with van der Waals surface area (Å²) >= 11 is 5.85. The SMILES string of the molecule is Cc1nn(-c2ccc(Cl)cc2C#N)c(C)c1N. The topological polar surface area (TPSA) is 67.6 Å². The Bertz CT molecular complexity index is 622. The number of rotatable bonds is 1. The molecule has 0 unspecified atom stereocenters. The van der Waals surface area contributed by atoms with Crippen LogP contribution in [0.4, 0.5) is 5.69 Å². The average Bonchev–Trinajstić information content (AvgIpc) is 2.57. The van der Waals surface area contributed by atoms with Gasteiger partial charge in [0.25, 0.3) is 0 Å². The molecule has 2 aromatic rings. The summed E-state index contributed by atoms with van der Waals surface area (Å²) < 4.78 is 1.67. The normalized spacial score (nSPS) is 10.2. The van der Waals surface area contributed by atoms with Crippen LogP contribution in [0.3, 0.4) is 0 Å². The molecule has 1 aromatic carbocycles. The number of halogens is 1. The van der Waals surface area contributed by atoms with Gasteiger partial charge in [0.15, 0.2) is 0 Å². The highest BCUT2D eigenvalue weighted by Crippen LogP contribution is 2.23. The number of hydrogen-bond acceptors (Lipinski definition) is 3. The third kappa shape index (κ3) is 1.85. The first-order valence-electron chi connectivity index (χ1n) is 5.06. The first-order valence-corrected chi connectivity index (χ1v) is 5.44. The smallest absolute Gasteiger partial charge is 0.101 e. The van der Waals surface area contributed by atoms with Gasteiger partial charge in [0.1, 0.15) is 6.07 Å². The molecule has 17 heavy (non-hydrogen) atoms. The van der Waals surface area contributed by atoms with Gasteiger partial charge in [-0.2, -0.15) is 10.4 Å². The Morgan fingerprint density at radius 1 is 1.41 bits per heavy atom. The predicted molar refractivity (Wildman–Crippen MR) is 67.2 cm³/mol. The van der Waals surface area contributed by atoms with E-state index in [9.17, 15) is 0 Å². The standard InChI is InChI=1S/C12H11ClN4/c1-7-12(15)8(2)17(16-7)11-4-3-10(13)5-9(11)6-14/h3-5H,15H2,1-2H3. The van der Waals surface area contributed by atoms with Gasteiger partial charge in [-0.25, -0.2) is 4.68 Å². The van der Waals surface area contributed by atoms with Crippen LogP contribution in [0.25, 0.3) is 5.69 Å². The second kappa shape index (κ2) is 4.11. The molecule has 0 aliphatic rings. The molecule has 5 heteroatoms. The van der Waals surface area contributed by atoms with Crippen molar-refractivity contribution in [1.29, 1.82) is 5.26 Å². The fourth-order valence-electron chi connectivity index (χ4n) is 1.67. The molecule has 0 amide bonds. The van der Waals surface area contributed by atoms with Crippen LogP contribution in [0.1, 0.15) is 17.0 Å². The van der Waals surface area contributed by atoms with Crippen LogP contribution in [-0.2, 0) is 0 Å². The van der Waals surface area contributed by atoms with Crippen molar-refractivity contribution in [3.63, 3.8) is 0 Å². The largest absolute Gasteiger partial charge is 0.396 e. The number of anilines is 1. The molecule has 0 fully saturated rings. The summed E-state index contributed by atoms with van der Waals surface area (Å²) in [6, 6.07) is 7.21. The van der Waals surface area contributed by atoms with E-state index in [4.69, 9.17) is 22.6 Å². The molecule has 2 N–H and O–H groups in total. The van der Waals surface area contributed by atoms with E-state index in [1.165, 1.54) is 0 Å². The van der Waals surface area contributed by atoms with Crippen LogP contribution in [0.2, 0.25) is 5.02 Å². The Morgan fingerprint density at radius 2 is 2.12 bits per heavy atom. The molecule has 0 saturated carbocycles. The summed E-state index contributed by atoms with van der Waals surface area (Å²) in [7, 11) is 0. The lowest BCUT2D eigenvalue weighted by Gasteiger charge is -2.06. The van der Waals surface area contributed by atoms with E-state index < -0.39 is 0 Å². The monoisotopic (exact) mass is 246 g/mol. The lowest BCUT2D eigenvalue weighted by molar-refractivity contribution is 0.831. The number of hydrogen-bond donors (Lipinski definition) is 1. The van der Waals surface area contributed by atoms with Crippen LogP contribution in [0.15, 0.2) is 18.2 Å². The van der Waals surface area contributed by atoms with Crippen LogP contribution in [-0.4, -0.2) is 9.78 Å². The first-order chi connectivity index (χ1) is 8.04. The summed E-state index contributed by atoms with van der Waals surface area (Å²) in [6.07, 6.45) is 0. The minimum atomic E-state index is 0.475. The molecule has 1 aromatic heterocycles. The Hall–Kier alpha value is -1.99. The van der Waals surface area contributed by atoms with Gasteiger partial charge in [-0.1, -0.05) is 11.6 Å². The van der Waals surface area contributed by atoms with Crippen molar-refractivity contribution in [1.82, 2.24) is 9.78 Å². The molecule has 1 heterocycles. The number of nitriles is 1. The zero-order valence-corrected chi connectivity index (χ0v) is 10.3. The summed E-state index contributed by atoms with van der Waals surface area (Å²) in [6.45, 7) is 3.70. The summed E-state index contributed by atoms with van der Waals surface area (Å²) in [5.41, 5.74) is 9.25. The van der Waals surface area contributed by atoms with E-state index in [1.807, 2.05) is 13.8 Å². The number of nitrogen functional groups attached to an aromatic ring is 1. The quantitative estimate of drug-likeness (QED) is 0.841. The molecule has 0 saturated heterocycles. The van der Waals surface area contributed by atoms with E-state index in [1.54, 1.807) is 22.9 Å². The van der Waals surface area contributed by atoms with Crippen molar-refractivity contribution < 1.29 is 0 Å². The maximum atomic E-state index is 9.09. The molecule has 4 nitrogen and oxygen atoms in total. The van der Waals surface area contributed by atoms with Gasteiger partial charge in [0, 0.05) is 5.02 Å². The third-order valence-electron chi connectivity index (χ3n) is 2.65. The Kier molecular flexibility index (Phi) is 2.78. The van der Waals surface area contributed by atoms with Crippen LogP contribution in [0, 0.1) is 25.2 Å². The fourth-order valence-corrected chi connectivity index (χ4v) is 1.84. The van der Waals surface area contributed by atoms with E-state index in [0.29, 0.717) is 22.0 Å². The van der Waals surface area contributed by atoms with Crippen molar-refractivity contribution in [2.45, 2.75) is 13.8 Å². The average molecular weight is 247 g/mol. The Morgan fingerprint density at radius 3 is 2.65 bits per heavy atom. The first kappa shape index (κ1) is 11.5. The van der Waals surface area contributed by atoms with Crippen LogP contribution >= 0.6 is 11.6 Å². The second-order valence-electron chi connectivity index (χ2n) is 3.77. The number of aryl methyl sites for hydroxylation is 1. The third-order valence-corrected chi connectivity index (χ3v) is 2.89. The number of benzene rings is 1. The molecule has 0 bridgehead atoms. The molecule has 2 rings (SSSR count). The van der Waals surface area contributed by atoms with Crippen molar-refractivity contribution in [2.75, 3.05) is 5.73 Å². The van der Waals surface area contributed by atoms with Gasteiger partial charge in [0.2, 0.25) is 0 Å².